The zero-order valence-electron chi connectivity index (χ0n) is 17.1. The Morgan fingerprint density at radius 1 is 1.11 bits per heavy atom. The SMILES string of the molecule is COc1ccc(C(=O)c2cc(C=CC3(C)CCC(C)(C)CO3)ccc2N)cc1. The second-order valence-corrected chi connectivity index (χ2v) is 8.50. The summed E-state index contributed by atoms with van der Waals surface area (Å²) in [4.78, 5) is 12.9. The predicted octanol–water partition coefficient (Wildman–Crippen LogP) is 5.12. The number of nitrogen functional groups attached to an aromatic ring is 1. The number of hydrogen-bond donors (Lipinski definition) is 1. The van der Waals surface area contributed by atoms with Gasteiger partial charge in [0.2, 0.25) is 0 Å². The van der Waals surface area contributed by atoms with E-state index in [1.165, 1.54) is 0 Å². The van der Waals surface area contributed by atoms with Crippen LogP contribution < -0.4 is 10.5 Å². The molecule has 0 saturated carbocycles. The molecule has 1 saturated heterocycles. The van der Waals surface area contributed by atoms with Gasteiger partial charge in [0.15, 0.2) is 5.78 Å². The lowest BCUT2D eigenvalue weighted by Gasteiger charge is -2.40. The Bertz CT molecular complexity index is 871. The van der Waals surface area contributed by atoms with Gasteiger partial charge in [0.1, 0.15) is 5.75 Å². The van der Waals surface area contributed by atoms with Crippen molar-refractivity contribution in [3.05, 3.63) is 65.2 Å². The molecule has 0 amide bonds. The Hall–Kier alpha value is -2.59. The van der Waals surface area contributed by atoms with Gasteiger partial charge in [-0.05, 0) is 67.1 Å². The first-order chi connectivity index (χ1) is 13.2. The first-order valence-electron chi connectivity index (χ1n) is 9.63. The van der Waals surface area contributed by atoms with Crippen LogP contribution in [0.25, 0.3) is 6.08 Å². The van der Waals surface area contributed by atoms with Crippen LogP contribution in [-0.4, -0.2) is 25.1 Å². The molecule has 28 heavy (non-hydrogen) atoms. The molecule has 2 aromatic carbocycles. The van der Waals surface area contributed by atoms with Gasteiger partial charge in [-0.2, -0.15) is 0 Å². The molecule has 1 aliphatic rings. The summed E-state index contributed by atoms with van der Waals surface area (Å²) in [6.45, 7) is 7.32. The maximum Gasteiger partial charge on any atom is 0.195 e. The number of benzene rings is 2. The number of nitrogens with two attached hydrogens (primary N) is 1. The Balaban J connectivity index is 1.80. The zero-order chi connectivity index (χ0) is 20.4. The number of carbonyl (C=O) groups excluding carboxylic acids is 1. The summed E-state index contributed by atoms with van der Waals surface area (Å²) in [5.74, 6) is 0.613. The Kier molecular flexibility index (Phi) is 5.61. The van der Waals surface area contributed by atoms with Crippen molar-refractivity contribution in [1.82, 2.24) is 0 Å². The summed E-state index contributed by atoms with van der Waals surface area (Å²) in [7, 11) is 1.60. The number of ether oxygens (including phenoxy) is 2. The molecule has 2 N–H and O–H groups in total. The first kappa shape index (κ1) is 20.2. The monoisotopic (exact) mass is 379 g/mol. The lowest BCUT2D eigenvalue weighted by atomic mass is 9.81. The average molecular weight is 380 g/mol. The smallest absolute Gasteiger partial charge is 0.195 e. The maximum atomic E-state index is 12.9. The van der Waals surface area contributed by atoms with E-state index in [0.717, 1.165) is 25.0 Å². The van der Waals surface area contributed by atoms with Gasteiger partial charge >= 0.3 is 0 Å². The summed E-state index contributed by atoms with van der Waals surface area (Å²) in [5, 5.41) is 0. The largest absolute Gasteiger partial charge is 0.497 e. The van der Waals surface area contributed by atoms with Gasteiger partial charge in [-0.1, -0.05) is 32.1 Å². The molecular weight excluding hydrogens is 350 g/mol. The fourth-order valence-electron chi connectivity index (χ4n) is 3.27. The molecule has 1 unspecified atom stereocenters. The average Bonchev–Trinajstić information content (AvgIpc) is 2.70. The van der Waals surface area contributed by atoms with Crippen molar-refractivity contribution in [3.8, 4) is 5.75 Å². The maximum absolute atomic E-state index is 12.9. The summed E-state index contributed by atoms with van der Waals surface area (Å²) in [6, 6.07) is 12.6. The van der Waals surface area contributed by atoms with E-state index in [2.05, 4.69) is 26.8 Å². The van der Waals surface area contributed by atoms with Crippen molar-refractivity contribution >= 4 is 17.5 Å². The molecule has 0 aliphatic carbocycles. The number of hydrogen-bond acceptors (Lipinski definition) is 4. The van der Waals surface area contributed by atoms with Crippen LogP contribution in [0.4, 0.5) is 5.69 Å². The van der Waals surface area contributed by atoms with Crippen LogP contribution in [0.3, 0.4) is 0 Å². The van der Waals surface area contributed by atoms with Crippen LogP contribution in [0.2, 0.25) is 0 Å². The van der Waals surface area contributed by atoms with Crippen molar-refractivity contribution in [2.24, 2.45) is 5.41 Å². The minimum absolute atomic E-state index is 0.0997. The van der Waals surface area contributed by atoms with Crippen molar-refractivity contribution < 1.29 is 14.3 Å². The summed E-state index contributed by atoms with van der Waals surface area (Å²) < 4.78 is 11.3. The molecule has 4 nitrogen and oxygen atoms in total. The van der Waals surface area contributed by atoms with Crippen LogP contribution in [-0.2, 0) is 4.74 Å². The standard InChI is InChI=1S/C24H29NO3/c1-23(2)13-14-24(3,28-16-23)12-11-17-5-10-21(25)20(15-17)22(26)18-6-8-19(27-4)9-7-18/h5-12,15H,13-14,16,25H2,1-4H3. The number of rotatable bonds is 5. The minimum Gasteiger partial charge on any atom is -0.497 e. The zero-order valence-corrected chi connectivity index (χ0v) is 17.1. The molecule has 3 rings (SSSR count). The molecule has 0 aromatic heterocycles. The highest BCUT2D eigenvalue weighted by molar-refractivity contribution is 6.12. The van der Waals surface area contributed by atoms with Gasteiger partial charge in [-0.15, -0.1) is 0 Å². The quantitative estimate of drug-likeness (QED) is 0.579. The lowest BCUT2D eigenvalue weighted by molar-refractivity contribution is -0.0844. The fraction of sp³-hybridized carbons (Fsp3) is 0.375. The highest BCUT2D eigenvalue weighted by Gasteiger charge is 2.33. The fourth-order valence-corrected chi connectivity index (χ4v) is 3.27. The minimum atomic E-state index is -0.281. The molecule has 1 fully saturated rings. The van der Waals surface area contributed by atoms with Crippen LogP contribution in [0, 0.1) is 5.41 Å². The van der Waals surface area contributed by atoms with E-state index in [0.29, 0.717) is 22.6 Å². The number of carbonyl (C=O) groups is 1. The lowest BCUT2D eigenvalue weighted by Crippen LogP contribution is -2.38. The molecule has 1 heterocycles. The van der Waals surface area contributed by atoms with E-state index >= 15 is 0 Å². The van der Waals surface area contributed by atoms with Crippen LogP contribution in [0.1, 0.15) is 55.1 Å². The second kappa shape index (κ2) is 7.80. The summed E-state index contributed by atoms with van der Waals surface area (Å²) in [5.41, 5.74) is 8.52. The molecular formula is C24H29NO3. The Morgan fingerprint density at radius 3 is 2.43 bits per heavy atom. The normalized spacial score (nSPS) is 21.6. The van der Waals surface area contributed by atoms with Crippen molar-refractivity contribution in [3.63, 3.8) is 0 Å². The van der Waals surface area contributed by atoms with E-state index in [1.54, 1.807) is 37.4 Å². The highest BCUT2D eigenvalue weighted by Crippen LogP contribution is 2.36. The molecule has 1 aliphatic heterocycles. The van der Waals surface area contributed by atoms with Crippen molar-refractivity contribution in [1.29, 1.82) is 0 Å². The van der Waals surface area contributed by atoms with Gasteiger partial charge in [0.05, 0.1) is 19.3 Å². The summed E-state index contributed by atoms with van der Waals surface area (Å²) in [6.07, 6.45) is 6.21. The Labute approximate surface area is 167 Å². The molecule has 148 valence electrons. The first-order valence-corrected chi connectivity index (χ1v) is 9.63. The van der Waals surface area contributed by atoms with Gasteiger partial charge < -0.3 is 15.2 Å². The van der Waals surface area contributed by atoms with E-state index in [4.69, 9.17) is 15.2 Å². The van der Waals surface area contributed by atoms with E-state index in [1.807, 2.05) is 18.2 Å². The van der Waals surface area contributed by atoms with Crippen LogP contribution >= 0.6 is 0 Å². The van der Waals surface area contributed by atoms with Gasteiger partial charge in [-0.25, -0.2) is 0 Å². The third-order valence-corrected chi connectivity index (χ3v) is 5.39. The van der Waals surface area contributed by atoms with Crippen molar-refractivity contribution in [2.75, 3.05) is 19.5 Å². The molecule has 4 heteroatoms. The number of anilines is 1. The van der Waals surface area contributed by atoms with Crippen LogP contribution in [0.15, 0.2) is 48.5 Å². The van der Waals surface area contributed by atoms with E-state index < -0.39 is 0 Å². The van der Waals surface area contributed by atoms with E-state index in [-0.39, 0.29) is 16.8 Å². The summed E-state index contributed by atoms with van der Waals surface area (Å²) >= 11 is 0. The van der Waals surface area contributed by atoms with Crippen LogP contribution in [0.5, 0.6) is 5.75 Å². The number of methoxy groups -OCH3 is 1. The molecule has 2 aromatic rings. The highest BCUT2D eigenvalue weighted by atomic mass is 16.5. The topological polar surface area (TPSA) is 61.5 Å². The van der Waals surface area contributed by atoms with Gasteiger partial charge in [0, 0.05) is 16.8 Å². The molecule has 0 radical (unpaired) electrons. The predicted molar refractivity (Wildman–Crippen MR) is 114 cm³/mol. The molecule has 0 spiro atoms. The second-order valence-electron chi connectivity index (χ2n) is 8.50. The van der Waals surface area contributed by atoms with Crippen molar-refractivity contribution in [2.45, 2.75) is 39.2 Å². The third-order valence-electron chi connectivity index (χ3n) is 5.39. The molecule has 0 bridgehead atoms. The van der Waals surface area contributed by atoms with Gasteiger partial charge in [0.25, 0.3) is 0 Å². The molecule has 1 atom stereocenters. The van der Waals surface area contributed by atoms with E-state index in [9.17, 15) is 4.79 Å². The Morgan fingerprint density at radius 2 is 1.82 bits per heavy atom. The third kappa shape index (κ3) is 4.63. The van der Waals surface area contributed by atoms with Gasteiger partial charge in [-0.3, -0.25) is 4.79 Å². The number of ketones is 1.